The number of methoxy groups -OCH3 is 1. The molecule has 5 nitrogen and oxygen atoms in total. The highest BCUT2D eigenvalue weighted by atomic mass is 35.5. The summed E-state index contributed by atoms with van der Waals surface area (Å²) in [6, 6.07) is 21.4. The van der Waals surface area contributed by atoms with Gasteiger partial charge in [-0.05, 0) is 41.8 Å². The molecular formula is C22H22ClNO4S. The summed E-state index contributed by atoms with van der Waals surface area (Å²) in [5.41, 5.74) is 1.29. The third-order valence-corrected chi connectivity index (χ3v) is 6.35. The molecule has 0 saturated carbocycles. The highest BCUT2D eigenvalue weighted by Crippen LogP contribution is 2.28. The summed E-state index contributed by atoms with van der Waals surface area (Å²) in [6.07, 6.45) is 0. The third kappa shape index (κ3) is 4.97. The average Bonchev–Trinajstić information content (AvgIpc) is 2.73. The van der Waals surface area contributed by atoms with Crippen LogP contribution in [-0.2, 0) is 15.6 Å². The number of benzene rings is 3. The summed E-state index contributed by atoms with van der Waals surface area (Å²) in [5, 5.41) is 11.0. The molecule has 1 unspecified atom stereocenters. The van der Waals surface area contributed by atoms with Gasteiger partial charge in [0.25, 0.3) is 0 Å². The average molecular weight is 432 g/mol. The standard InChI is InChI=1S/C22H22ClNO4S/c1-22(25,18-10-8-17(9-11-18)16-6-4-3-5-7-16)15-24-29(26,27)19-12-13-21(28-2)20(23)14-19/h3-14,24-25H,15H2,1-2H3. The summed E-state index contributed by atoms with van der Waals surface area (Å²) in [5.74, 6) is 0.385. The number of hydrogen-bond acceptors (Lipinski definition) is 4. The molecule has 0 heterocycles. The van der Waals surface area contributed by atoms with E-state index in [1.54, 1.807) is 19.1 Å². The third-order valence-electron chi connectivity index (χ3n) is 4.65. The summed E-state index contributed by atoms with van der Waals surface area (Å²) < 4.78 is 32.6. The van der Waals surface area contributed by atoms with E-state index in [1.165, 1.54) is 25.3 Å². The molecule has 0 aliphatic heterocycles. The van der Waals surface area contributed by atoms with Gasteiger partial charge in [-0.15, -0.1) is 0 Å². The summed E-state index contributed by atoms with van der Waals surface area (Å²) in [7, 11) is -2.40. The van der Waals surface area contributed by atoms with Crippen molar-refractivity contribution >= 4 is 21.6 Å². The van der Waals surface area contributed by atoms with Gasteiger partial charge in [-0.25, -0.2) is 13.1 Å². The van der Waals surface area contributed by atoms with Crippen molar-refractivity contribution in [1.29, 1.82) is 0 Å². The molecule has 0 spiro atoms. The Morgan fingerprint density at radius 3 is 2.21 bits per heavy atom. The van der Waals surface area contributed by atoms with Crippen molar-refractivity contribution in [3.8, 4) is 16.9 Å². The SMILES string of the molecule is COc1ccc(S(=O)(=O)NCC(C)(O)c2ccc(-c3ccccc3)cc2)cc1Cl. The first-order valence-corrected chi connectivity index (χ1v) is 10.8. The number of nitrogens with one attached hydrogen (secondary N) is 1. The van der Waals surface area contributed by atoms with Crippen LogP contribution in [0, 0.1) is 0 Å². The van der Waals surface area contributed by atoms with E-state index in [9.17, 15) is 13.5 Å². The van der Waals surface area contributed by atoms with Crippen molar-refractivity contribution < 1.29 is 18.3 Å². The van der Waals surface area contributed by atoms with Crippen molar-refractivity contribution in [2.45, 2.75) is 17.4 Å². The molecular weight excluding hydrogens is 410 g/mol. The van der Waals surface area contributed by atoms with Crippen LogP contribution < -0.4 is 9.46 Å². The maximum Gasteiger partial charge on any atom is 0.240 e. The van der Waals surface area contributed by atoms with E-state index in [0.717, 1.165) is 11.1 Å². The molecule has 29 heavy (non-hydrogen) atoms. The smallest absolute Gasteiger partial charge is 0.240 e. The zero-order valence-electron chi connectivity index (χ0n) is 16.1. The first-order chi connectivity index (χ1) is 13.7. The van der Waals surface area contributed by atoms with E-state index in [2.05, 4.69) is 4.72 Å². The van der Waals surface area contributed by atoms with Gasteiger partial charge in [0.1, 0.15) is 11.4 Å². The Labute approximate surface area is 176 Å². The minimum absolute atomic E-state index is 0.00137. The molecule has 0 aromatic heterocycles. The molecule has 2 N–H and O–H groups in total. The van der Waals surface area contributed by atoms with Gasteiger partial charge in [0.05, 0.1) is 17.0 Å². The Hall–Kier alpha value is -2.38. The van der Waals surface area contributed by atoms with E-state index in [1.807, 2.05) is 42.5 Å². The second-order valence-electron chi connectivity index (χ2n) is 6.84. The van der Waals surface area contributed by atoms with Gasteiger partial charge in [0.15, 0.2) is 0 Å². The van der Waals surface area contributed by atoms with Crippen molar-refractivity contribution in [2.75, 3.05) is 13.7 Å². The summed E-state index contributed by atoms with van der Waals surface area (Å²) >= 11 is 6.02. The lowest BCUT2D eigenvalue weighted by molar-refractivity contribution is 0.0627. The van der Waals surface area contributed by atoms with Crippen LogP contribution in [0.2, 0.25) is 5.02 Å². The zero-order chi connectivity index (χ0) is 21.1. The van der Waals surface area contributed by atoms with E-state index < -0.39 is 15.6 Å². The number of ether oxygens (including phenoxy) is 1. The lowest BCUT2D eigenvalue weighted by atomic mass is 9.94. The van der Waals surface area contributed by atoms with Gasteiger partial charge >= 0.3 is 0 Å². The fraction of sp³-hybridized carbons (Fsp3) is 0.182. The zero-order valence-corrected chi connectivity index (χ0v) is 17.7. The molecule has 0 fully saturated rings. The van der Waals surface area contributed by atoms with Gasteiger partial charge in [-0.3, -0.25) is 0 Å². The van der Waals surface area contributed by atoms with Crippen LogP contribution >= 0.6 is 11.6 Å². The van der Waals surface area contributed by atoms with Crippen molar-refractivity contribution in [1.82, 2.24) is 4.72 Å². The molecule has 3 aromatic rings. The van der Waals surface area contributed by atoms with E-state index in [0.29, 0.717) is 11.3 Å². The molecule has 0 bridgehead atoms. The topological polar surface area (TPSA) is 75.6 Å². The van der Waals surface area contributed by atoms with Crippen LogP contribution in [0.4, 0.5) is 0 Å². The predicted molar refractivity (Wildman–Crippen MR) is 115 cm³/mol. The number of halogens is 1. The van der Waals surface area contributed by atoms with Crippen molar-refractivity contribution in [2.24, 2.45) is 0 Å². The fourth-order valence-electron chi connectivity index (χ4n) is 2.89. The van der Waals surface area contributed by atoms with E-state index in [4.69, 9.17) is 16.3 Å². The van der Waals surface area contributed by atoms with Crippen molar-refractivity contribution in [3.05, 3.63) is 83.4 Å². The summed E-state index contributed by atoms with van der Waals surface area (Å²) in [6.45, 7) is 1.37. The molecule has 1 atom stereocenters. The van der Waals surface area contributed by atoms with Crippen LogP contribution in [0.25, 0.3) is 11.1 Å². The van der Waals surface area contributed by atoms with Crippen molar-refractivity contribution in [3.63, 3.8) is 0 Å². The minimum atomic E-state index is -3.85. The number of hydrogen-bond donors (Lipinski definition) is 2. The number of rotatable bonds is 7. The van der Waals surface area contributed by atoms with Crippen LogP contribution in [0.3, 0.4) is 0 Å². The first-order valence-electron chi connectivity index (χ1n) is 8.94. The Kier molecular flexibility index (Phi) is 6.29. The molecule has 0 amide bonds. The Morgan fingerprint density at radius 2 is 1.62 bits per heavy atom. The van der Waals surface area contributed by atoms with Crippen LogP contribution in [0.1, 0.15) is 12.5 Å². The Bertz CT molecular complexity index is 1080. The van der Waals surface area contributed by atoms with Gasteiger partial charge in [-0.1, -0.05) is 66.2 Å². The minimum Gasteiger partial charge on any atom is -0.495 e. The Balaban J connectivity index is 1.74. The highest BCUT2D eigenvalue weighted by Gasteiger charge is 2.26. The van der Waals surface area contributed by atoms with Gasteiger partial charge in [0.2, 0.25) is 10.0 Å². The van der Waals surface area contributed by atoms with Crippen LogP contribution in [0.5, 0.6) is 5.75 Å². The molecule has 0 saturated heterocycles. The second kappa shape index (κ2) is 8.55. The van der Waals surface area contributed by atoms with Crippen LogP contribution in [0.15, 0.2) is 77.7 Å². The lowest BCUT2D eigenvalue weighted by Crippen LogP contribution is -2.38. The molecule has 3 rings (SSSR count). The quantitative estimate of drug-likeness (QED) is 0.587. The molecule has 0 aliphatic rings. The van der Waals surface area contributed by atoms with Gasteiger partial charge in [0, 0.05) is 6.54 Å². The maximum absolute atomic E-state index is 12.6. The molecule has 0 radical (unpaired) electrons. The molecule has 3 aromatic carbocycles. The summed E-state index contributed by atoms with van der Waals surface area (Å²) in [4.78, 5) is -0.00137. The van der Waals surface area contributed by atoms with Crippen LogP contribution in [-0.4, -0.2) is 27.2 Å². The molecule has 152 valence electrons. The lowest BCUT2D eigenvalue weighted by Gasteiger charge is -2.24. The number of sulfonamides is 1. The predicted octanol–water partition coefficient (Wildman–Crippen LogP) is 4.20. The maximum atomic E-state index is 12.6. The first kappa shape index (κ1) is 21.3. The monoisotopic (exact) mass is 431 g/mol. The number of aliphatic hydroxyl groups is 1. The van der Waals surface area contributed by atoms with E-state index >= 15 is 0 Å². The van der Waals surface area contributed by atoms with Gasteiger partial charge < -0.3 is 9.84 Å². The normalized spacial score (nSPS) is 13.7. The van der Waals surface area contributed by atoms with Gasteiger partial charge in [-0.2, -0.15) is 0 Å². The largest absolute Gasteiger partial charge is 0.495 e. The fourth-order valence-corrected chi connectivity index (χ4v) is 4.37. The highest BCUT2D eigenvalue weighted by molar-refractivity contribution is 7.89. The molecule has 7 heteroatoms. The van der Waals surface area contributed by atoms with E-state index in [-0.39, 0.29) is 16.5 Å². The second-order valence-corrected chi connectivity index (χ2v) is 9.01. The Morgan fingerprint density at radius 1 is 1.00 bits per heavy atom. The molecule has 0 aliphatic carbocycles.